The summed E-state index contributed by atoms with van der Waals surface area (Å²) in [5, 5.41) is 42.3. The molecule has 0 aromatic heterocycles. The van der Waals surface area contributed by atoms with Gasteiger partial charge >= 0.3 is 6.03 Å². The van der Waals surface area contributed by atoms with Crippen molar-refractivity contribution in [2.75, 3.05) is 31.1 Å². The van der Waals surface area contributed by atoms with Gasteiger partial charge in [-0.05, 0) is 47.7 Å². The molecule has 15 nitrogen and oxygen atoms in total. The smallest absolute Gasteiger partial charge is 0.319 e. The lowest BCUT2D eigenvalue weighted by atomic mass is 9.60. The lowest BCUT2D eigenvalue weighted by molar-refractivity contribution is -0.143. The van der Waals surface area contributed by atoms with Crippen LogP contribution in [0.2, 0.25) is 0 Å². The number of hydrogen-bond donors (Lipinski definition) is 6. The van der Waals surface area contributed by atoms with E-state index in [1.54, 1.807) is 43.3 Å². The number of aromatic hydroxyl groups is 1. The average Bonchev–Trinajstić information content (AvgIpc) is 3.45. The minimum Gasteiger partial charge on any atom is -0.508 e. The first-order valence-corrected chi connectivity index (χ1v) is 14.0. The third kappa shape index (κ3) is 4.54. The molecule has 1 heterocycles. The third-order valence-corrected chi connectivity index (χ3v) is 8.78. The number of aliphatic hydroxyl groups excluding tert-OH is 1. The predicted molar refractivity (Wildman–Crippen MR) is 157 cm³/mol. The summed E-state index contributed by atoms with van der Waals surface area (Å²) in [7, 11) is 3.47. The number of ketones is 2. The summed E-state index contributed by atoms with van der Waals surface area (Å²) < 4.78 is 10.6. The highest BCUT2D eigenvalue weighted by molar-refractivity contribution is 6.24. The van der Waals surface area contributed by atoms with Crippen LogP contribution in [0.25, 0.3) is 0 Å². The van der Waals surface area contributed by atoms with Gasteiger partial charge in [-0.15, -0.1) is 4.91 Å². The molecular weight excluding hydrogens is 590 g/mol. The van der Waals surface area contributed by atoms with Gasteiger partial charge in [0.2, 0.25) is 12.6 Å². The number of Topliss-reactive ketones (excluding diaryl/α,β-unsaturated/α-hetero) is 2. The molecule has 0 saturated heterocycles. The molecule has 0 saturated carbocycles. The molecular formula is C30H29N5O10. The van der Waals surface area contributed by atoms with E-state index in [4.69, 9.17) is 15.2 Å². The van der Waals surface area contributed by atoms with E-state index in [-0.39, 0.29) is 49.3 Å². The maximum Gasteiger partial charge on any atom is 0.319 e. The number of nitrogens with one attached hydrogen (secondary N) is 2. The number of fused-ring (bicyclic) bond motifs is 4. The fourth-order valence-electron chi connectivity index (χ4n) is 6.66. The second-order valence-electron chi connectivity index (χ2n) is 11.5. The summed E-state index contributed by atoms with van der Waals surface area (Å²) >= 11 is 0. The number of phenolic OH excluding ortho intramolecular Hbond substituents is 1. The number of anilines is 2. The van der Waals surface area contributed by atoms with Gasteiger partial charge in [0.25, 0.3) is 5.91 Å². The molecule has 3 aliphatic carbocycles. The van der Waals surface area contributed by atoms with Gasteiger partial charge in [-0.1, -0.05) is 0 Å². The van der Waals surface area contributed by atoms with Crippen LogP contribution >= 0.6 is 0 Å². The molecule has 234 valence electrons. The lowest BCUT2D eigenvalue weighted by Gasteiger charge is -2.45. The fraction of sp³-hybridized carbons (Fsp3) is 0.333. The monoisotopic (exact) mass is 619 g/mol. The van der Waals surface area contributed by atoms with Gasteiger partial charge in [0.15, 0.2) is 22.9 Å². The van der Waals surface area contributed by atoms with Crippen molar-refractivity contribution in [3.8, 4) is 17.2 Å². The summed E-state index contributed by atoms with van der Waals surface area (Å²) in [6.45, 7) is -0.123. The van der Waals surface area contributed by atoms with Crippen molar-refractivity contribution in [1.82, 2.24) is 5.32 Å². The number of nitroso groups, excluding NO2 is 1. The van der Waals surface area contributed by atoms with Crippen LogP contribution in [0.3, 0.4) is 0 Å². The van der Waals surface area contributed by atoms with E-state index in [1.165, 1.54) is 0 Å². The molecule has 1 aliphatic heterocycles. The lowest BCUT2D eigenvalue weighted by Crippen LogP contribution is -2.57. The van der Waals surface area contributed by atoms with Gasteiger partial charge in [0.1, 0.15) is 22.8 Å². The SMILES string of the molecule is CN(C)c1cc(CNC(=O)Nc2ccc3c(c2)OCO3)c(O)c2c1C[C@H]1C[C@H]3CC(N=O)=C(C(N)=O)C(=O)[C@@]3(O)C(O)=C1C2=O. The Morgan fingerprint density at radius 3 is 2.56 bits per heavy atom. The molecule has 0 spiro atoms. The van der Waals surface area contributed by atoms with Crippen LogP contribution < -0.4 is 30.7 Å². The highest BCUT2D eigenvalue weighted by Gasteiger charge is 2.60. The molecule has 3 atom stereocenters. The van der Waals surface area contributed by atoms with Crippen molar-refractivity contribution >= 4 is 34.9 Å². The van der Waals surface area contributed by atoms with Gasteiger partial charge in [-0.2, -0.15) is 0 Å². The van der Waals surface area contributed by atoms with Crippen LogP contribution in [-0.2, 0) is 22.6 Å². The number of aliphatic hydroxyl groups is 2. The van der Waals surface area contributed by atoms with Crippen LogP contribution in [0.5, 0.6) is 17.2 Å². The number of carbonyl (C=O) groups is 4. The minimum absolute atomic E-state index is 0.00512. The molecule has 0 fully saturated rings. The molecule has 2 aromatic rings. The molecule has 0 bridgehead atoms. The van der Waals surface area contributed by atoms with E-state index in [0.717, 1.165) is 0 Å². The maximum atomic E-state index is 14.0. The van der Waals surface area contributed by atoms with E-state index >= 15 is 0 Å². The van der Waals surface area contributed by atoms with Gasteiger partial charge in [-0.25, -0.2) is 4.79 Å². The summed E-state index contributed by atoms with van der Waals surface area (Å²) in [6.07, 6.45) is -0.185. The molecule has 0 radical (unpaired) electrons. The Kier molecular flexibility index (Phi) is 6.99. The zero-order chi connectivity index (χ0) is 32.4. The zero-order valence-electron chi connectivity index (χ0n) is 24.2. The second kappa shape index (κ2) is 10.6. The number of nitrogens with two attached hydrogens (primary N) is 1. The number of benzene rings is 2. The topological polar surface area (TPSA) is 230 Å². The van der Waals surface area contributed by atoms with E-state index in [1.807, 2.05) is 0 Å². The maximum absolute atomic E-state index is 14.0. The van der Waals surface area contributed by atoms with Crippen LogP contribution in [0, 0.1) is 16.7 Å². The van der Waals surface area contributed by atoms with Crippen LogP contribution in [-0.4, -0.2) is 65.3 Å². The molecule has 6 rings (SSSR count). The molecule has 0 unspecified atom stereocenters. The summed E-state index contributed by atoms with van der Waals surface area (Å²) in [5.74, 6) is -5.57. The van der Waals surface area contributed by atoms with Crippen LogP contribution in [0.4, 0.5) is 16.2 Å². The Hall–Kier alpha value is -5.44. The third-order valence-electron chi connectivity index (χ3n) is 8.78. The van der Waals surface area contributed by atoms with Crippen molar-refractivity contribution in [3.63, 3.8) is 0 Å². The zero-order valence-corrected chi connectivity index (χ0v) is 24.2. The number of carbonyl (C=O) groups excluding carboxylic acids is 4. The number of nitrogens with zero attached hydrogens (tertiary/aromatic N) is 2. The Bertz CT molecular complexity index is 1780. The number of phenols is 1. The van der Waals surface area contributed by atoms with E-state index in [2.05, 4.69) is 15.8 Å². The Morgan fingerprint density at radius 1 is 1.13 bits per heavy atom. The quantitative estimate of drug-likeness (QED) is 0.202. The highest BCUT2D eigenvalue weighted by atomic mass is 16.7. The molecule has 15 heteroatoms. The number of rotatable bonds is 6. The number of amides is 3. The van der Waals surface area contributed by atoms with E-state index in [9.17, 15) is 39.4 Å². The molecule has 7 N–H and O–H groups in total. The first-order valence-electron chi connectivity index (χ1n) is 14.0. The molecule has 2 aromatic carbocycles. The number of ether oxygens (including phenoxy) is 2. The minimum atomic E-state index is -2.69. The molecule has 3 amide bonds. The van der Waals surface area contributed by atoms with Crippen molar-refractivity contribution < 1.29 is 44.0 Å². The van der Waals surface area contributed by atoms with Gasteiger partial charge in [0, 0.05) is 61.6 Å². The van der Waals surface area contributed by atoms with Crippen molar-refractivity contribution in [3.05, 3.63) is 68.5 Å². The van der Waals surface area contributed by atoms with Gasteiger partial charge in [-0.3, -0.25) is 14.4 Å². The summed E-state index contributed by atoms with van der Waals surface area (Å²) in [4.78, 5) is 65.2. The highest BCUT2D eigenvalue weighted by Crippen LogP contribution is 2.53. The molecule has 45 heavy (non-hydrogen) atoms. The normalized spacial score (nSPS) is 23.2. The Balaban J connectivity index is 1.33. The van der Waals surface area contributed by atoms with Gasteiger partial charge < -0.3 is 46.1 Å². The van der Waals surface area contributed by atoms with Gasteiger partial charge in [0.05, 0.1) is 5.56 Å². The van der Waals surface area contributed by atoms with Crippen molar-refractivity contribution in [2.45, 2.75) is 31.4 Å². The summed E-state index contributed by atoms with van der Waals surface area (Å²) in [5.41, 5.74) is 2.55. The summed E-state index contributed by atoms with van der Waals surface area (Å²) in [6, 6.07) is 5.89. The first kappa shape index (κ1) is 29.6. The number of primary amides is 1. The average molecular weight is 620 g/mol. The molecule has 4 aliphatic rings. The number of urea groups is 1. The largest absolute Gasteiger partial charge is 0.508 e. The standard InChI is InChI=1S/C30H29N5O10/c1-35(2)18-7-13(10-32-29(41)33-15-3-4-19-20(9-15)45-11-44-19)24(36)22-16(18)6-12-5-14-8-17(34-43)23(28(31)40)27(39)30(14,42)26(38)21(12)25(22)37/h3-4,7,9,12,14,36,38,42H,5-6,8,10-11H2,1-2H3,(H2,31,40)(H2,32,33,41)/t12-,14+,30+/m1/s1. The van der Waals surface area contributed by atoms with Crippen LogP contribution in [0.15, 0.2) is 52.0 Å². The van der Waals surface area contributed by atoms with Crippen LogP contribution in [0.1, 0.15) is 34.3 Å². The number of hydrogen-bond acceptors (Lipinski definition) is 12. The Labute approximate surface area is 255 Å². The number of allylic oxidation sites excluding steroid dienone is 2. The van der Waals surface area contributed by atoms with E-state index < -0.39 is 63.7 Å². The fourth-order valence-corrected chi connectivity index (χ4v) is 6.66. The van der Waals surface area contributed by atoms with Crippen molar-refractivity contribution in [2.24, 2.45) is 22.7 Å². The van der Waals surface area contributed by atoms with E-state index in [0.29, 0.717) is 28.4 Å². The first-order chi connectivity index (χ1) is 21.4. The second-order valence-corrected chi connectivity index (χ2v) is 11.5. The van der Waals surface area contributed by atoms with Crippen molar-refractivity contribution in [1.29, 1.82) is 0 Å². The predicted octanol–water partition coefficient (Wildman–Crippen LogP) is 1.91. The Morgan fingerprint density at radius 2 is 1.87 bits per heavy atom.